The number of carbonyl (C=O) groups is 4. The highest BCUT2D eigenvalue weighted by Crippen LogP contribution is 2.62. The standard InChI is InChI=1S/C39H37ClN2O7/c1-4-17-41-35(44)27-15-14-26-28(33(27)37(41)46)21-30-36(45)42(25-12-8-11-24(40)20-25)38(47)39(30,23-9-6-5-7-10-23)29(26)16-13-22-18-31(48-2)34(43)32(19-22)49-3/h5-14,16,18-20,27-30,33,43H,4,15,17,21H2,1-3H3. The smallest absolute Gasteiger partial charge is 0.246 e. The minimum atomic E-state index is -1.37. The van der Waals surface area contributed by atoms with Crippen molar-refractivity contribution in [1.82, 2.24) is 4.90 Å². The summed E-state index contributed by atoms with van der Waals surface area (Å²) in [5, 5.41) is 11.0. The topological polar surface area (TPSA) is 113 Å². The van der Waals surface area contributed by atoms with Gasteiger partial charge >= 0.3 is 0 Å². The summed E-state index contributed by atoms with van der Waals surface area (Å²) in [6.45, 7) is 2.28. The number of amides is 4. The highest BCUT2D eigenvalue weighted by molar-refractivity contribution is 6.32. The predicted octanol–water partition coefficient (Wildman–Crippen LogP) is 6.18. The molecule has 2 saturated heterocycles. The third kappa shape index (κ3) is 4.89. The molecule has 2 aliphatic carbocycles. The van der Waals surface area contributed by atoms with Crippen molar-refractivity contribution in [2.75, 3.05) is 25.7 Å². The molecule has 1 saturated carbocycles. The van der Waals surface area contributed by atoms with Gasteiger partial charge in [0.05, 0.1) is 43.1 Å². The molecule has 0 aromatic heterocycles. The molecule has 3 fully saturated rings. The highest BCUT2D eigenvalue weighted by atomic mass is 35.5. The lowest BCUT2D eigenvalue weighted by atomic mass is 9.50. The van der Waals surface area contributed by atoms with Crippen molar-refractivity contribution in [2.24, 2.45) is 29.6 Å². The van der Waals surface area contributed by atoms with E-state index in [0.717, 1.165) is 5.57 Å². The summed E-state index contributed by atoms with van der Waals surface area (Å²) in [5.74, 6) is -3.94. The van der Waals surface area contributed by atoms with Gasteiger partial charge in [-0.2, -0.15) is 0 Å². The molecule has 0 radical (unpaired) electrons. The first-order chi connectivity index (χ1) is 23.7. The van der Waals surface area contributed by atoms with Crippen molar-refractivity contribution >= 4 is 47.0 Å². The Balaban J connectivity index is 1.45. The number of fused-ring (bicyclic) bond motifs is 4. The quantitative estimate of drug-likeness (QED) is 0.223. The number of methoxy groups -OCH3 is 2. The maximum atomic E-state index is 15.2. The van der Waals surface area contributed by atoms with Gasteiger partial charge in [0.15, 0.2) is 11.5 Å². The van der Waals surface area contributed by atoms with E-state index in [1.165, 1.54) is 24.0 Å². The first-order valence-electron chi connectivity index (χ1n) is 16.5. The average molecular weight is 681 g/mol. The molecule has 3 aromatic rings. The second-order valence-electron chi connectivity index (χ2n) is 13.1. The Labute approximate surface area is 289 Å². The average Bonchev–Trinajstić information content (AvgIpc) is 3.49. The van der Waals surface area contributed by atoms with E-state index >= 15 is 4.79 Å². The lowest BCUT2D eigenvalue weighted by Crippen LogP contribution is -2.54. The van der Waals surface area contributed by atoms with Gasteiger partial charge in [0.25, 0.3) is 0 Å². The van der Waals surface area contributed by atoms with E-state index in [1.54, 1.807) is 36.4 Å². The Morgan fingerprint density at radius 3 is 2.29 bits per heavy atom. The van der Waals surface area contributed by atoms with E-state index in [9.17, 15) is 19.5 Å². The molecule has 0 spiro atoms. The number of allylic oxidation sites excluding steroid dienone is 3. The monoisotopic (exact) mass is 680 g/mol. The number of nitrogens with zero attached hydrogens (tertiary/aromatic N) is 2. The molecule has 10 heteroatoms. The third-order valence-corrected chi connectivity index (χ3v) is 11.0. The number of anilines is 1. The Morgan fingerprint density at radius 2 is 1.63 bits per heavy atom. The maximum Gasteiger partial charge on any atom is 0.246 e. The van der Waals surface area contributed by atoms with Crippen LogP contribution in [0, 0.1) is 29.6 Å². The van der Waals surface area contributed by atoms with Gasteiger partial charge in [-0.1, -0.05) is 78.7 Å². The molecule has 2 heterocycles. The Bertz CT molecular complexity index is 1900. The fraction of sp³-hybridized carbons (Fsp3) is 0.333. The Morgan fingerprint density at radius 1 is 0.918 bits per heavy atom. The minimum absolute atomic E-state index is 0.142. The summed E-state index contributed by atoms with van der Waals surface area (Å²) < 4.78 is 10.8. The van der Waals surface area contributed by atoms with E-state index in [1.807, 2.05) is 55.5 Å². The summed E-state index contributed by atoms with van der Waals surface area (Å²) in [4.78, 5) is 60.1. The zero-order valence-electron chi connectivity index (χ0n) is 27.5. The SMILES string of the molecule is CCCN1C(=O)C2CC=C3C(CC4C(=O)N(c5cccc(Cl)c5)C(=O)C4(c4ccccc4)C3C=Cc3cc(OC)c(O)c(OC)c3)C2C1=O. The molecule has 7 rings (SSSR count). The largest absolute Gasteiger partial charge is 0.502 e. The fourth-order valence-corrected chi connectivity index (χ4v) is 8.90. The predicted molar refractivity (Wildman–Crippen MR) is 184 cm³/mol. The van der Waals surface area contributed by atoms with Gasteiger partial charge in [0.2, 0.25) is 29.4 Å². The van der Waals surface area contributed by atoms with Gasteiger partial charge < -0.3 is 14.6 Å². The van der Waals surface area contributed by atoms with E-state index in [-0.39, 0.29) is 47.3 Å². The Hall–Kier alpha value is -4.89. The van der Waals surface area contributed by atoms with Gasteiger partial charge in [-0.3, -0.25) is 24.1 Å². The van der Waals surface area contributed by atoms with Crippen molar-refractivity contribution in [1.29, 1.82) is 0 Å². The molecule has 4 aliphatic rings. The molecule has 252 valence electrons. The molecule has 3 aromatic carbocycles. The molecule has 9 nitrogen and oxygen atoms in total. The molecular weight excluding hydrogens is 644 g/mol. The van der Waals surface area contributed by atoms with E-state index in [2.05, 4.69) is 0 Å². The van der Waals surface area contributed by atoms with Gasteiger partial charge in [-0.25, -0.2) is 4.90 Å². The molecule has 2 aliphatic heterocycles. The van der Waals surface area contributed by atoms with Crippen molar-refractivity contribution in [3.8, 4) is 17.2 Å². The molecule has 0 bridgehead atoms. The van der Waals surface area contributed by atoms with Crippen LogP contribution in [-0.2, 0) is 24.6 Å². The van der Waals surface area contributed by atoms with Crippen LogP contribution in [0.1, 0.15) is 37.3 Å². The second-order valence-corrected chi connectivity index (χ2v) is 13.5. The number of benzene rings is 3. The number of imide groups is 2. The fourth-order valence-electron chi connectivity index (χ4n) is 8.72. The maximum absolute atomic E-state index is 15.2. The third-order valence-electron chi connectivity index (χ3n) is 10.7. The van der Waals surface area contributed by atoms with Crippen LogP contribution in [0.5, 0.6) is 17.2 Å². The number of aromatic hydroxyl groups is 1. The lowest BCUT2D eigenvalue weighted by molar-refractivity contribution is -0.140. The Kier molecular flexibility index (Phi) is 8.35. The van der Waals surface area contributed by atoms with Crippen LogP contribution >= 0.6 is 11.6 Å². The minimum Gasteiger partial charge on any atom is -0.502 e. The zero-order chi connectivity index (χ0) is 34.6. The highest BCUT2D eigenvalue weighted by Gasteiger charge is 2.69. The van der Waals surface area contributed by atoms with Crippen molar-refractivity contribution in [2.45, 2.75) is 31.6 Å². The van der Waals surface area contributed by atoms with Crippen LogP contribution in [0.3, 0.4) is 0 Å². The molecule has 49 heavy (non-hydrogen) atoms. The summed E-state index contributed by atoms with van der Waals surface area (Å²) >= 11 is 6.38. The van der Waals surface area contributed by atoms with Gasteiger partial charge in [-0.05, 0) is 66.6 Å². The summed E-state index contributed by atoms with van der Waals surface area (Å²) in [5.41, 5.74) is 1.18. The van der Waals surface area contributed by atoms with Crippen molar-refractivity contribution in [3.05, 3.63) is 101 Å². The number of likely N-dealkylation sites (tertiary alicyclic amines) is 1. The van der Waals surface area contributed by atoms with Gasteiger partial charge in [-0.15, -0.1) is 0 Å². The number of ether oxygens (including phenoxy) is 2. The second kappa shape index (κ2) is 12.5. The van der Waals surface area contributed by atoms with Crippen molar-refractivity contribution < 1.29 is 33.8 Å². The number of carbonyl (C=O) groups excluding carboxylic acids is 4. The summed E-state index contributed by atoms with van der Waals surface area (Å²) in [6.07, 6.45) is 7.02. The van der Waals surface area contributed by atoms with Crippen LogP contribution in [0.4, 0.5) is 5.69 Å². The molecular formula is C39H37ClN2O7. The van der Waals surface area contributed by atoms with Crippen LogP contribution < -0.4 is 14.4 Å². The van der Waals surface area contributed by atoms with E-state index < -0.39 is 35.0 Å². The number of halogens is 1. The first-order valence-corrected chi connectivity index (χ1v) is 16.9. The number of hydrogen-bond donors (Lipinski definition) is 1. The first kappa shape index (κ1) is 32.6. The number of phenolic OH excluding ortho intramolecular Hbond substituents is 1. The van der Waals surface area contributed by atoms with Crippen molar-refractivity contribution in [3.63, 3.8) is 0 Å². The van der Waals surface area contributed by atoms with Gasteiger partial charge in [0.1, 0.15) is 0 Å². The number of rotatable bonds is 8. The number of phenols is 1. The molecule has 6 unspecified atom stereocenters. The molecule has 6 atom stereocenters. The van der Waals surface area contributed by atoms with Crippen LogP contribution in [0.25, 0.3) is 6.08 Å². The van der Waals surface area contributed by atoms with Gasteiger partial charge in [0, 0.05) is 17.5 Å². The lowest BCUT2D eigenvalue weighted by Gasteiger charge is -2.49. The normalized spacial score (nSPS) is 27.7. The van der Waals surface area contributed by atoms with E-state index in [0.29, 0.717) is 41.2 Å². The molecule has 1 N–H and O–H groups in total. The van der Waals surface area contributed by atoms with E-state index in [4.69, 9.17) is 21.1 Å². The molecule has 4 amide bonds. The zero-order valence-corrected chi connectivity index (χ0v) is 28.2. The summed E-state index contributed by atoms with van der Waals surface area (Å²) in [6, 6.07) is 19.4. The summed E-state index contributed by atoms with van der Waals surface area (Å²) in [7, 11) is 2.89. The van der Waals surface area contributed by atoms with Crippen LogP contribution in [0.15, 0.2) is 84.5 Å². The van der Waals surface area contributed by atoms with Crippen LogP contribution in [-0.4, -0.2) is 54.4 Å². The number of hydrogen-bond acceptors (Lipinski definition) is 7. The van der Waals surface area contributed by atoms with Crippen LogP contribution in [0.2, 0.25) is 5.02 Å².